The Hall–Kier alpha value is -1.58. The molecule has 0 aromatic carbocycles. The van der Waals surface area contributed by atoms with E-state index in [0.29, 0.717) is 5.56 Å². The molecule has 0 spiro atoms. The van der Waals surface area contributed by atoms with Crippen molar-refractivity contribution in [1.29, 1.82) is 0 Å². The van der Waals surface area contributed by atoms with Gasteiger partial charge in [0.25, 0.3) is 5.91 Å². The number of aromatic nitrogens is 1. The molecule has 0 saturated carbocycles. The highest BCUT2D eigenvalue weighted by Crippen LogP contribution is 2.07. The normalized spacial score (nSPS) is 9.46. The monoisotopic (exact) mass is 178 g/mol. The first-order valence-electron chi connectivity index (χ1n) is 3.86. The van der Waals surface area contributed by atoms with Crippen LogP contribution in [0, 0.1) is 7.05 Å². The lowest BCUT2D eigenvalue weighted by molar-refractivity contribution is 0.0968. The van der Waals surface area contributed by atoms with E-state index >= 15 is 0 Å². The topological polar surface area (TPSA) is 45.2 Å². The Labute approximate surface area is 77.6 Å². The van der Waals surface area contributed by atoms with Crippen molar-refractivity contribution in [1.82, 2.24) is 10.3 Å². The molecular formula is C9H12N3O. The molecule has 13 heavy (non-hydrogen) atoms. The van der Waals surface area contributed by atoms with Crippen molar-refractivity contribution in [3.8, 4) is 0 Å². The fourth-order valence-electron chi connectivity index (χ4n) is 0.887. The number of anilines is 1. The SMILES string of the molecule is [CH2]NC(=O)c1ccc(N(C)C)nc1. The molecule has 1 aromatic rings. The second-order valence-electron chi connectivity index (χ2n) is 2.81. The summed E-state index contributed by atoms with van der Waals surface area (Å²) in [5.74, 6) is 0.596. The summed E-state index contributed by atoms with van der Waals surface area (Å²) in [6, 6.07) is 3.49. The van der Waals surface area contributed by atoms with Gasteiger partial charge in [-0.2, -0.15) is 0 Å². The molecular weight excluding hydrogens is 166 g/mol. The first-order chi connectivity index (χ1) is 6.15. The lowest BCUT2D eigenvalue weighted by Crippen LogP contribution is -2.16. The highest BCUT2D eigenvalue weighted by molar-refractivity contribution is 5.94. The third-order valence-electron chi connectivity index (χ3n) is 1.63. The summed E-state index contributed by atoms with van der Waals surface area (Å²) in [6.45, 7) is 0. The van der Waals surface area contributed by atoms with Crippen LogP contribution in [0.15, 0.2) is 18.3 Å². The molecule has 1 aromatic heterocycles. The van der Waals surface area contributed by atoms with E-state index in [1.165, 1.54) is 6.20 Å². The van der Waals surface area contributed by atoms with Crippen LogP contribution < -0.4 is 10.2 Å². The highest BCUT2D eigenvalue weighted by Gasteiger charge is 2.03. The van der Waals surface area contributed by atoms with Crippen molar-refractivity contribution in [2.75, 3.05) is 19.0 Å². The van der Waals surface area contributed by atoms with Crippen LogP contribution in [0.2, 0.25) is 0 Å². The van der Waals surface area contributed by atoms with E-state index in [1.54, 1.807) is 12.1 Å². The molecule has 1 rings (SSSR count). The minimum absolute atomic E-state index is 0.224. The van der Waals surface area contributed by atoms with Crippen molar-refractivity contribution in [2.24, 2.45) is 0 Å². The van der Waals surface area contributed by atoms with Crippen molar-refractivity contribution in [3.63, 3.8) is 0 Å². The standard InChI is InChI=1S/C9H12N3O/c1-10-9(13)7-4-5-8(11-6-7)12(2)3/h4-6H,1H2,2-3H3,(H,10,13). The van der Waals surface area contributed by atoms with Gasteiger partial charge in [-0.1, -0.05) is 0 Å². The molecule has 0 bridgehead atoms. The maximum absolute atomic E-state index is 11.1. The third kappa shape index (κ3) is 2.18. The zero-order valence-electron chi connectivity index (χ0n) is 7.74. The number of nitrogens with zero attached hydrogens (tertiary/aromatic N) is 2. The van der Waals surface area contributed by atoms with E-state index in [4.69, 9.17) is 0 Å². The van der Waals surface area contributed by atoms with E-state index in [2.05, 4.69) is 17.3 Å². The quantitative estimate of drug-likeness (QED) is 0.724. The van der Waals surface area contributed by atoms with Crippen LogP contribution in [0.1, 0.15) is 10.4 Å². The minimum Gasteiger partial charge on any atom is -0.363 e. The molecule has 0 aliphatic rings. The molecule has 4 heteroatoms. The van der Waals surface area contributed by atoms with Crippen molar-refractivity contribution >= 4 is 11.7 Å². The molecule has 1 heterocycles. The average Bonchev–Trinajstić information content (AvgIpc) is 2.17. The van der Waals surface area contributed by atoms with Crippen molar-refractivity contribution < 1.29 is 4.79 Å². The van der Waals surface area contributed by atoms with Crippen LogP contribution in [-0.2, 0) is 0 Å². The lowest BCUT2D eigenvalue weighted by Gasteiger charge is -2.10. The van der Waals surface area contributed by atoms with Crippen LogP contribution in [0.4, 0.5) is 5.82 Å². The smallest absolute Gasteiger partial charge is 0.252 e. The number of hydrogen-bond donors (Lipinski definition) is 1. The van der Waals surface area contributed by atoms with Gasteiger partial charge in [-0.3, -0.25) is 4.79 Å². The van der Waals surface area contributed by atoms with E-state index in [0.717, 1.165) is 5.82 Å². The molecule has 1 N–H and O–H groups in total. The first kappa shape index (κ1) is 9.51. The summed E-state index contributed by atoms with van der Waals surface area (Å²) < 4.78 is 0. The first-order valence-corrected chi connectivity index (χ1v) is 3.86. The van der Waals surface area contributed by atoms with E-state index in [-0.39, 0.29) is 5.91 Å². The molecule has 1 radical (unpaired) electrons. The van der Waals surface area contributed by atoms with E-state index in [1.807, 2.05) is 19.0 Å². The van der Waals surface area contributed by atoms with E-state index < -0.39 is 0 Å². The molecule has 0 unspecified atom stereocenters. The molecule has 0 atom stereocenters. The van der Waals surface area contributed by atoms with Crippen LogP contribution in [0.3, 0.4) is 0 Å². The largest absolute Gasteiger partial charge is 0.363 e. The number of amides is 1. The summed E-state index contributed by atoms with van der Waals surface area (Å²) >= 11 is 0. The molecule has 0 fully saturated rings. The number of nitrogens with one attached hydrogen (secondary N) is 1. The summed E-state index contributed by atoms with van der Waals surface area (Å²) in [5.41, 5.74) is 0.514. The number of hydrogen-bond acceptors (Lipinski definition) is 3. The van der Waals surface area contributed by atoms with Gasteiger partial charge >= 0.3 is 0 Å². The third-order valence-corrected chi connectivity index (χ3v) is 1.63. The van der Waals surface area contributed by atoms with Crippen LogP contribution in [0.5, 0.6) is 0 Å². The Bertz CT molecular complexity index is 292. The zero-order chi connectivity index (χ0) is 9.84. The zero-order valence-corrected chi connectivity index (χ0v) is 7.74. The maximum atomic E-state index is 11.1. The molecule has 0 aliphatic carbocycles. The van der Waals surface area contributed by atoms with Gasteiger partial charge in [0, 0.05) is 27.3 Å². The van der Waals surface area contributed by atoms with Gasteiger partial charge in [0.1, 0.15) is 5.82 Å². The molecule has 0 aliphatic heterocycles. The van der Waals surface area contributed by atoms with Gasteiger partial charge in [-0.25, -0.2) is 4.98 Å². The second-order valence-corrected chi connectivity index (χ2v) is 2.81. The minimum atomic E-state index is -0.224. The molecule has 0 saturated heterocycles. The fraction of sp³-hybridized carbons (Fsp3) is 0.222. The number of rotatable bonds is 2. The van der Waals surface area contributed by atoms with Gasteiger partial charge in [0.15, 0.2) is 0 Å². The number of carbonyl (C=O) groups is 1. The van der Waals surface area contributed by atoms with Gasteiger partial charge in [-0.15, -0.1) is 0 Å². The van der Waals surface area contributed by atoms with Gasteiger partial charge in [0.05, 0.1) is 5.56 Å². The molecule has 4 nitrogen and oxygen atoms in total. The summed E-state index contributed by atoms with van der Waals surface area (Å²) in [6.07, 6.45) is 1.52. The summed E-state index contributed by atoms with van der Waals surface area (Å²) in [5, 5.41) is 2.29. The van der Waals surface area contributed by atoms with Gasteiger partial charge < -0.3 is 10.2 Å². The molecule has 69 valence electrons. The fourth-order valence-corrected chi connectivity index (χ4v) is 0.887. The van der Waals surface area contributed by atoms with Crippen molar-refractivity contribution in [3.05, 3.63) is 30.9 Å². The second kappa shape index (κ2) is 3.89. The van der Waals surface area contributed by atoms with Crippen LogP contribution in [0.25, 0.3) is 0 Å². The average molecular weight is 178 g/mol. The Morgan fingerprint density at radius 3 is 2.62 bits per heavy atom. The van der Waals surface area contributed by atoms with Gasteiger partial charge in [0.2, 0.25) is 0 Å². The Morgan fingerprint density at radius 2 is 2.23 bits per heavy atom. The molecule has 1 amide bonds. The highest BCUT2D eigenvalue weighted by atomic mass is 16.1. The summed E-state index contributed by atoms with van der Waals surface area (Å²) in [7, 11) is 7.07. The van der Waals surface area contributed by atoms with Crippen LogP contribution >= 0.6 is 0 Å². The predicted octanol–water partition coefficient (Wildman–Crippen LogP) is 0.669. The lowest BCUT2D eigenvalue weighted by atomic mass is 10.2. The van der Waals surface area contributed by atoms with Gasteiger partial charge in [-0.05, 0) is 12.1 Å². The summed E-state index contributed by atoms with van der Waals surface area (Å²) in [4.78, 5) is 17.0. The van der Waals surface area contributed by atoms with Crippen LogP contribution in [-0.4, -0.2) is 25.0 Å². The Kier molecular flexibility index (Phi) is 2.84. The van der Waals surface area contributed by atoms with E-state index in [9.17, 15) is 4.79 Å². The number of pyridine rings is 1. The Balaban J connectivity index is 2.87. The van der Waals surface area contributed by atoms with Crippen molar-refractivity contribution in [2.45, 2.75) is 0 Å². The predicted molar refractivity (Wildman–Crippen MR) is 51.4 cm³/mol. The Morgan fingerprint density at radius 1 is 1.54 bits per heavy atom. The maximum Gasteiger partial charge on any atom is 0.252 e. The number of carbonyl (C=O) groups excluding carboxylic acids is 1.